The fraction of sp³-hybridized carbons (Fsp3) is 0.308. The largest absolute Gasteiger partial charge is 0.473 e. The van der Waals surface area contributed by atoms with Crippen molar-refractivity contribution in [1.82, 2.24) is 10.3 Å². The molecule has 17 heavy (non-hydrogen) atoms. The Kier molecular flexibility index (Phi) is 3.82. The first-order valence-electron chi connectivity index (χ1n) is 5.64. The molecule has 4 heteroatoms. The van der Waals surface area contributed by atoms with Gasteiger partial charge in [0.15, 0.2) is 0 Å². The number of rotatable bonds is 2. The number of benzene rings is 1. The summed E-state index contributed by atoms with van der Waals surface area (Å²) in [6, 6.07) is 10.2. The van der Waals surface area contributed by atoms with Gasteiger partial charge in [-0.15, -0.1) is 12.4 Å². The van der Waals surface area contributed by atoms with Crippen molar-refractivity contribution in [2.75, 3.05) is 13.1 Å². The molecule has 0 aliphatic carbocycles. The number of hydrogen-bond donors (Lipinski definition) is 1. The second-order valence-corrected chi connectivity index (χ2v) is 4.07. The van der Waals surface area contributed by atoms with Crippen LogP contribution in [0.2, 0.25) is 0 Å². The minimum atomic E-state index is 0. The van der Waals surface area contributed by atoms with E-state index in [-0.39, 0.29) is 18.5 Å². The minimum absolute atomic E-state index is 0. The number of nitrogens with one attached hydrogen (secondary N) is 1. The van der Waals surface area contributed by atoms with Crippen molar-refractivity contribution in [1.29, 1.82) is 0 Å². The molecular formula is C13H15ClN2O. The summed E-state index contributed by atoms with van der Waals surface area (Å²) in [4.78, 5) is 4.32. The van der Waals surface area contributed by atoms with Crippen molar-refractivity contribution in [2.24, 2.45) is 0 Å². The molecule has 1 saturated heterocycles. The molecule has 2 aromatic rings. The standard InChI is InChI=1S/C13H14N2O.ClH/c1-2-4-12-10(3-1)5-8-15-13(12)16-11-6-7-14-9-11;/h1-5,8,11,14H,6-7,9H2;1H. The molecule has 1 aliphatic heterocycles. The van der Waals surface area contributed by atoms with E-state index in [1.165, 1.54) is 5.39 Å². The second kappa shape index (κ2) is 5.34. The predicted molar refractivity (Wildman–Crippen MR) is 70.9 cm³/mol. The van der Waals surface area contributed by atoms with Gasteiger partial charge in [0.25, 0.3) is 0 Å². The monoisotopic (exact) mass is 250 g/mol. The quantitative estimate of drug-likeness (QED) is 0.889. The van der Waals surface area contributed by atoms with Crippen LogP contribution in [0.3, 0.4) is 0 Å². The Morgan fingerprint density at radius 3 is 2.94 bits per heavy atom. The molecule has 3 rings (SSSR count). The van der Waals surface area contributed by atoms with E-state index in [1.807, 2.05) is 18.2 Å². The van der Waals surface area contributed by atoms with Gasteiger partial charge >= 0.3 is 0 Å². The summed E-state index contributed by atoms with van der Waals surface area (Å²) >= 11 is 0. The fourth-order valence-corrected chi connectivity index (χ4v) is 2.07. The van der Waals surface area contributed by atoms with E-state index in [2.05, 4.69) is 22.4 Å². The zero-order valence-electron chi connectivity index (χ0n) is 9.43. The Hall–Kier alpha value is -1.32. The van der Waals surface area contributed by atoms with Crippen molar-refractivity contribution in [3.63, 3.8) is 0 Å². The summed E-state index contributed by atoms with van der Waals surface area (Å²) in [5.74, 6) is 0.756. The SMILES string of the molecule is Cl.c1ccc2c(OC3CCNC3)nccc2c1. The Morgan fingerprint density at radius 2 is 2.12 bits per heavy atom. The third-order valence-corrected chi connectivity index (χ3v) is 2.93. The van der Waals surface area contributed by atoms with Crippen LogP contribution < -0.4 is 10.1 Å². The van der Waals surface area contributed by atoms with E-state index in [0.29, 0.717) is 0 Å². The summed E-state index contributed by atoms with van der Waals surface area (Å²) < 4.78 is 5.91. The van der Waals surface area contributed by atoms with E-state index in [0.717, 1.165) is 30.8 Å². The van der Waals surface area contributed by atoms with Crippen LogP contribution in [-0.4, -0.2) is 24.2 Å². The smallest absolute Gasteiger partial charge is 0.221 e. The molecule has 0 radical (unpaired) electrons. The average molecular weight is 251 g/mol. The van der Waals surface area contributed by atoms with Crippen molar-refractivity contribution < 1.29 is 4.74 Å². The lowest BCUT2D eigenvalue weighted by molar-refractivity contribution is 0.217. The molecule has 0 saturated carbocycles. The van der Waals surface area contributed by atoms with E-state index in [9.17, 15) is 0 Å². The first-order chi connectivity index (χ1) is 7.93. The summed E-state index contributed by atoms with van der Waals surface area (Å²) in [6.07, 6.45) is 3.13. The van der Waals surface area contributed by atoms with Gasteiger partial charge in [0.1, 0.15) is 6.10 Å². The molecule has 0 spiro atoms. The first-order valence-corrected chi connectivity index (χ1v) is 5.64. The van der Waals surface area contributed by atoms with Gasteiger partial charge in [-0.2, -0.15) is 0 Å². The van der Waals surface area contributed by atoms with Crippen LogP contribution in [0.1, 0.15) is 6.42 Å². The van der Waals surface area contributed by atoms with Gasteiger partial charge in [0, 0.05) is 18.1 Å². The summed E-state index contributed by atoms with van der Waals surface area (Å²) in [6.45, 7) is 1.96. The van der Waals surface area contributed by atoms with Crippen LogP contribution in [0.25, 0.3) is 10.8 Å². The first kappa shape index (κ1) is 12.1. The van der Waals surface area contributed by atoms with Crippen molar-refractivity contribution >= 4 is 23.2 Å². The summed E-state index contributed by atoms with van der Waals surface area (Å²) in [5.41, 5.74) is 0. The van der Waals surface area contributed by atoms with Gasteiger partial charge < -0.3 is 10.1 Å². The number of pyridine rings is 1. The van der Waals surface area contributed by atoms with Crippen molar-refractivity contribution in [3.8, 4) is 5.88 Å². The second-order valence-electron chi connectivity index (χ2n) is 4.07. The molecule has 1 aromatic heterocycles. The third-order valence-electron chi connectivity index (χ3n) is 2.93. The van der Waals surface area contributed by atoms with Crippen LogP contribution in [0, 0.1) is 0 Å². The topological polar surface area (TPSA) is 34.1 Å². The maximum Gasteiger partial charge on any atom is 0.221 e. The maximum atomic E-state index is 5.91. The van der Waals surface area contributed by atoms with Gasteiger partial charge in [0.2, 0.25) is 5.88 Å². The number of aromatic nitrogens is 1. The Labute approximate surface area is 107 Å². The highest BCUT2D eigenvalue weighted by Gasteiger charge is 2.17. The fourth-order valence-electron chi connectivity index (χ4n) is 2.07. The molecule has 90 valence electrons. The summed E-state index contributed by atoms with van der Waals surface area (Å²) in [5, 5.41) is 5.56. The lowest BCUT2D eigenvalue weighted by Crippen LogP contribution is -2.20. The number of ether oxygens (including phenoxy) is 1. The van der Waals surface area contributed by atoms with Crippen LogP contribution in [0.15, 0.2) is 36.5 Å². The molecule has 1 aliphatic rings. The summed E-state index contributed by atoms with van der Waals surface area (Å²) in [7, 11) is 0. The molecule has 2 heterocycles. The number of hydrogen-bond acceptors (Lipinski definition) is 3. The normalized spacial score (nSPS) is 18.9. The van der Waals surface area contributed by atoms with Crippen LogP contribution in [0.5, 0.6) is 5.88 Å². The number of halogens is 1. The van der Waals surface area contributed by atoms with E-state index >= 15 is 0 Å². The molecule has 1 N–H and O–H groups in total. The van der Waals surface area contributed by atoms with Gasteiger partial charge in [-0.05, 0) is 30.5 Å². The van der Waals surface area contributed by atoms with Crippen LogP contribution in [-0.2, 0) is 0 Å². The molecule has 0 bridgehead atoms. The van der Waals surface area contributed by atoms with Crippen LogP contribution >= 0.6 is 12.4 Å². The number of fused-ring (bicyclic) bond motifs is 1. The maximum absolute atomic E-state index is 5.91. The molecule has 0 amide bonds. The molecule has 1 unspecified atom stereocenters. The molecule has 3 nitrogen and oxygen atoms in total. The number of nitrogens with zero attached hydrogens (tertiary/aromatic N) is 1. The van der Waals surface area contributed by atoms with Crippen molar-refractivity contribution in [2.45, 2.75) is 12.5 Å². The van der Waals surface area contributed by atoms with Gasteiger partial charge in [-0.1, -0.05) is 18.2 Å². The molecular weight excluding hydrogens is 236 g/mol. The van der Waals surface area contributed by atoms with Gasteiger partial charge in [-0.3, -0.25) is 0 Å². The van der Waals surface area contributed by atoms with Gasteiger partial charge in [0.05, 0.1) is 0 Å². The van der Waals surface area contributed by atoms with E-state index in [4.69, 9.17) is 4.74 Å². The Morgan fingerprint density at radius 1 is 1.24 bits per heavy atom. The lowest BCUT2D eigenvalue weighted by atomic mass is 10.2. The Balaban J connectivity index is 0.00000108. The molecule has 1 fully saturated rings. The minimum Gasteiger partial charge on any atom is -0.473 e. The van der Waals surface area contributed by atoms with E-state index in [1.54, 1.807) is 6.20 Å². The molecule has 1 atom stereocenters. The zero-order valence-corrected chi connectivity index (χ0v) is 10.2. The third kappa shape index (κ3) is 2.51. The highest BCUT2D eigenvalue weighted by atomic mass is 35.5. The van der Waals surface area contributed by atoms with E-state index < -0.39 is 0 Å². The lowest BCUT2D eigenvalue weighted by Gasteiger charge is -2.12. The average Bonchev–Trinajstić information content (AvgIpc) is 2.82. The van der Waals surface area contributed by atoms with Crippen molar-refractivity contribution in [3.05, 3.63) is 36.5 Å². The zero-order chi connectivity index (χ0) is 10.8. The molecule has 1 aromatic carbocycles. The van der Waals surface area contributed by atoms with Gasteiger partial charge in [-0.25, -0.2) is 4.98 Å². The highest BCUT2D eigenvalue weighted by molar-refractivity contribution is 5.86. The predicted octanol–water partition coefficient (Wildman–Crippen LogP) is 2.40. The highest BCUT2D eigenvalue weighted by Crippen LogP contribution is 2.24. The van der Waals surface area contributed by atoms with Crippen LogP contribution in [0.4, 0.5) is 0 Å². The Bertz CT molecular complexity index is 492.